The third-order valence-corrected chi connectivity index (χ3v) is 8.22. The van der Waals surface area contributed by atoms with Crippen LogP contribution < -0.4 is 20.3 Å². The first-order chi connectivity index (χ1) is 22.7. The molecular formula is C35H32FN5O6. The van der Waals surface area contributed by atoms with Gasteiger partial charge in [-0.05, 0) is 73.9 Å². The molecule has 12 heteroatoms. The molecule has 1 fully saturated rings. The van der Waals surface area contributed by atoms with Crippen molar-refractivity contribution in [2.45, 2.75) is 25.3 Å². The molecule has 0 unspecified atom stereocenters. The fourth-order valence-corrected chi connectivity index (χ4v) is 5.66. The highest BCUT2D eigenvalue weighted by Gasteiger charge is 2.48. The van der Waals surface area contributed by atoms with Gasteiger partial charge in [-0.3, -0.25) is 14.5 Å². The zero-order valence-electron chi connectivity index (χ0n) is 26.2. The van der Waals surface area contributed by atoms with Crippen LogP contribution in [0.15, 0.2) is 77.5 Å². The molecule has 3 aromatic carbocycles. The number of amides is 3. The van der Waals surface area contributed by atoms with Crippen LogP contribution in [0.5, 0.6) is 5.75 Å². The standard InChI is InChI=1S/C35H32FN5O6/c1-5-41(34(44)46-4)26-19-28-24(29(32(43)37-2)30(47-28)20-7-10-22(36)11-8-20)18-23(26)21-9-12-27(45-3)25(17-21)31(42)40-35(13-14-35)33-38-15-6-16-39-33/h6-12,15-19H,5,13-14H2,1-4H3,(H,37,43)(H,40,42). The van der Waals surface area contributed by atoms with Crippen LogP contribution in [0.4, 0.5) is 14.9 Å². The van der Waals surface area contributed by atoms with Gasteiger partial charge in [0.25, 0.3) is 11.8 Å². The van der Waals surface area contributed by atoms with Crippen molar-refractivity contribution in [2.75, 3.05) is 32.7 Å². The van der Waals surface area contributed by atoms with Crippen molar-refractivity contribution in [2.24, 2.45) is 0 Å². The van der Waals surface area contributed by atoms with E-state index in [-0.39, 0.29) is 29.3 Å². The molecule has 6 rings (SSSR count). The average molecular weight is 638 g/mol. The summed E-state index contributed by atoms with van der Waals surface area (Å²) in [6, 6.07) is 15.8. The van der Waals surface area contributed by atoms with Crippen molar-refractivity contribution in [3.63, 3.8) is 0 Å². The van der Waals surface area contributed by atoms with Crippen molar-refractivity contribution in [3.8, 4) is 28.2 Å². The zero-order chi connectivity index (χ0) is 33.3. The summed E-state index contributed by atoms with van der Waals surface area (Å²) in [5, 5.41) is 6.20. The zero-order valence-corrected chi connectivity index (χ0v) is 26.2. The van der Waals surface area contributed by atoms with E-state index >= 15 is 0 Å². The maximum Gasteiger partial charge on any atom is 0.414 e. The second kappa shape index (κ2) is 12.5. The smallest absolute Gasteiger partial charge is 0.414 e. The number of nitrogens with one attached hydrogen (secondary N) is 2. The molecule has 3 amide bonds. The van der Waals surface area contributed by atoms with Gasteiger partial charge >= 0.3 is 6.09 Å². The fraction of sp³-hybridized carbons (Fsp3) is 0.229. The lowest BCUT2D eigenvalue weighted by molar-refractivity contribution is 0.0923. The summed E-state index contributed by atoms with van der Waals surface area (Å²) in [6.45, 7) is 2.03. The first kappa shape index (κ1) is 31.2. The predicted octanol–water partition coefficient (Wildman–Crippen LogP) is 6.08. The number of furan rings is 1. The van der Waals surface area contributed by atoms with Crippen LogP contribution >= 0.6 is 0 Å². The van der Waals surface area contributed by atoms with E-state index in [1.54, 1.807) is 55.7 Å². The number of fused-ring (bicyclic) bond motifs is 1. The Kier molecular flexibility index (Phi) is 8.33. The SMILES string of the molecule is CCN(C(=O)OC)c1cc2oc(-c3ccc(F)cc3)c(C(=O)NC)c2cc1-c1ccc(OC)c(C(=O)NC2(c3ncccn3)CC2)c1. The minimum absolute atomic E-state index is 0.230. The van der Waals surface area contributed by atoms with Crippen LogP contribution in [0.3, 0.4) is 0 Å². The lowest BCUT2D eigenvalue weighted by Gasteiger charge is -2.23. The van der Waals surface area contributed by atoms with Gasteiger partial charge in [0.1, 0.15) is 28.4 Å². The molecule has 2 N–H and O–H groups in total. The normalized spacial score (nSPS) is 13.1. The van der Waals surface area contributed by atoms with Crippen LogP contribution in [0.2, 0.25) is 0 Å². The molecule has 0 spiro atoms. The number of rotatable bonds is 9. The Bertz CT molecular complexity index is 1990. The Morgan fingerprint density at radius 1 is 0.979 bits per heavy atom. The number of anilines is 1. The Labute approximate surface area is 269 Å². The maximum absolute atomic E-state index is 13.8. The largest absolute Gasteiger partial charge is 0.496 e. The van der Waals surface area contributed by atoms with Crippen LogP contribution in [0.25, 0.3) is 33.4 Å². The molecule has 2 heterocycles. The molecule has 0 radical (unpaired) electrons. The van der Waals surface area contributed by atoms with Gasteiger partial charge in [-0.1, -0.05) is 6.07 Å². The van der Waals surface area contributed by atoms with Gasteiger partial charge in [-0.2, -0.15) is 0 Å². The number of nitrogens with zero attached hydrogens (tertiary/aromatic N) is 3. The third kappa shape index (κ3) is 5.73. The Balaban J connectivity index is 1.54. The lowest BCUT2D eigenvalue weighted by atomic mass is 9.96. The number of carbonyl (C=O) groups is 3. The van der Waals surface area contributed by atoms with Gasteiger partial charge in [0.2, 0.25) is 0 Å². The predicted molar refractivity (Wildman–Crippen MR) is 173 cm³/mol. The number of carbonyl (C=O) groups excluding carboxylic acids is 3. The summed E-state index contributed by atoms with van der Waals surface area (Å²) < 4.78 is 30.7. The Hall–Kier alpha value is -5.78. The summed E-state index contributed by atoms with van der Waals surface area (Å²) in [4.78, 5) is 50.2. The van der Waals surface area contributed by atoms with E-state index in [9.17, 15) is 18.8 Å². The van der Waals surface area contributed by atoms with Gasteiger partial charge in [0, 0.05) is 48.6 Å². The van der Waals surface area contributed by atoms with E-state index in [2.05, 4.69) is 20.6 Å². The fourth-order valence-electron chi connectivity index (χ4n) is 5.66. The van der Waals surface area contributed by atoms with Crippen molar-refractivity contribution >= 4 is 34.6 Å². The van der Waals surface area contributed by atoms with Crippen LogP contribution in [0.1, 0.15) is 46.3 Å². The summed E-state index contributed by atoms with van der Waals surface area (Å²) in [5.74, 6) is -0.134. The number of aromatic nitrogens is 2. The number of ether oxygens (including phenoxy) is 2. The summed E-state index contributed by atoms with van der Waals surface area (Å²) in [5.41, 5.74) is 2.11. The van der Waals surface area contributed by atoms with E-state index in [1.807, 2.05) is 0 Å². The van der Waals surface area contributed by atoms with Gasteiger partial charge in [-0.25, -0.2) is 19.2 Å². The summed E-state index contributed by atoms with van der Waals surface area (Å²) >= 11 is 0. The first-order valence-electron chi connectivity index (χ1n) is 15.0. The number of halogens is 1. The van der Waals surface area contributed by atoms with Crippen LogP contribution in [-0.4, -0.2) is 55.7 Å². The minimum Gasteiger partial charge on any atom is -0.496 e. The molecule has 0 aliphatic heterocycles. The number of benzene rings is 3. The highest BCUT2D eigenvalue weighted by Crippen LogP contribution is 2.45. The molecule has 5 aromatic rings. The number of methoxy groups -OCH3 is 2. The average Bonchev–Trinajstić information content (AvgIpc) is 3.79. The Morgan fingerprint density at radius 3 is 2.30 bits per heavy atom. The van der Waals surface area contributed by atoms with Crippen molar-refractivity contribution in [1.29, 1.82) is 0 Å². The molecule has 2 aromatic heterocycles. The lowest BCUT2D eigenvalue weighted by Crippen LogP contribution is -2.36. The molecule has 11 nitrogen and oxygen atoms in total. The van der Waals surface area contributed by atoms with Gasteiger partial charge in [-0.15, -0.1) is 0 Å². The quantitative estimate of drug-likeness (QED) is 0.199. The minimum atomic E-state index is -0.677. The molecule has 47 heavy (non-hydrogen) atoms. The topological polar surface area (TPSA) is 136 Å². The summed E-state index contributed by atoms with van der Waals surface area (Å²) in [6.07, 6.45) is 4.04. The highest BCUT2D eigenvalue weighted by molar-refractivity contribution is 6.13. The highest BCUT2D eigenvalue weighted by atomic mass is 19.1. The van der Waals surface area contributed by atoms with E-state index < -0.39 is 23.4 Å². The number of hydrogen-bond acceptors (Lipinski definition) is 8. The molecular weight excluding hydrogens is 605 g/mol. The molecule has 1 aliphatic carbocycles. The van der Waals surface area contributed by atoms with Crippen LogP contribution in [0, 0.1) is 5.82 Å². The van der Waals surface area contributed by atoms with Crippen molar-refractivity contribution in [1.82, 2.24) is 20.6 Å². The monoisotopic (exact) mass is 637 g/mol. The number of hydrogen-bond donors (Lipinski definition) is 2. The van der Waals surface area contributed by atoms with E-state index in [1.165, 1.54) is 50.4 Å². The van der Waals surface area contributed by atoms with Gasteiger partial charge in [0.15, 0.2) is 5.82 Å². The van der Waals surface area contributed by atoms with Gasteiger partial charge < -0.3 is 24.5 Å². The molecule has 0 bridgehead atoms. The maximum atomic E-state index is 13.8. The van der Waals surface area contributed by atoms with E-state index in [0.29, 0.717) is 57.8 Å². The molecule has 240 valence electrons. The van der Waals surface area contributed by atoms with Crippen molar-refractivity contribution < 1.29 is 32.7 Å². The van der Waals surface area contributed by atoms with E-state index in [4.69, 9.17) is 13.9 Å². The first-order valence-corrected chi connectivity index (χ1v) is 15.0. The Morgan fingerprint density at radius 2 is 1.68 bits per heavy atom. The molecule has 1 saturated carbocycles. The molecule has 1 aliphatic rings. The molecule has 0 saturated heterocycles. The second-order valence-corrected chi connectivity index (χ2v) is 11.0. The second-order valence-electron chi connectivity index (χ2n) is 11.0. The molecule has 0 atom stereocenters. The van der Waals surface area contributed by atoms with Crippen molar-refractivity contribution in [3.05, 3.63) is 95.8 Å². The van der Waals surface area contributed by atoms with Crippen LogP contribution in [-0.2, 0) is 10.3 Å². The van der Waals surface area contributed by atoms with E-state index in [0.717, 1.165) is 0 Å². The summed E-state index contributed by atoms with van der Waals surface area (Å²) in [7, 11) is 4.26. The van der Waals surface area contributed by atoms with Gasteiger partial charge in [0.05, 0.1) is 31.0 Å². The third-order valence-electron chi connectivity index (χ3n) is 8.22.